The Bertz CT molecular complexity index is 1200. The highest BCUT2D eigenvalue weighted by Gasteiger charge is 2.34. The average molecular weight is 484 g/mol. The smallest absolute Gasteiger partial charge is 0.341 e. The number of fused-ring (bicyclic) bond motifs is 1. The van der Waals surface area contributed by atoms with E-state index >= 15 is 0 Å². The lowest BCUT2D eigenvalue weighted by Gasteiger charge is -2.38. The van der Waals surface area contributed by atoms with Crippen LogP contribution in [0.5, 0.6) is 5.75 Å². The maximum absolute atomic E-state index is 14.3. The number of amides is 1. The summed E-state index contributed by atoms with van der Waals surface area (Å²) in [6, 6.07) is 18.1. The highest BCUT2D eigenvalue weighted by atomic mass is 35.5. The second-order valence-electron chi connectivity index (χ2n) is 7.93. The molecule has 8 heteroatoms. The molecule has 1 N–H and O–H groups in total. The molecule has 1 aliphatic rings. The van der Waals surface area contributed by atoms with E-state index in [4.69, 9.17) is 26.2 Å². The van der Waals surface area contributed by atoms with Gasteiger partial charge in [-0.25, -0.2) is 9.18 Å². The monoisotopic (exact) mass is 483 g/mol. The molecule has 34 heavy (non-hydrogen) atoms. The molecule has 6 nitrogen and oxygen atoms in total. The van der Waals surface area contributed by atoms with Gasteiger partial charge in [0.2, 0.25) is 5.91 Å². The Morgan fingerprint density at radius 1 is 1.03 bits per heavy atom. The predicted molar refractivity (Wildman–Crippen MR) is 124 cm³/mol. The fourth-order valence-electron chi connectivity index (χ4n) is 4.14. The first-order chi connectivity index (χ1) is 16.4. The van der Waals surface area contributed by atoms with E-state index in [1.807, 2.05) is 36.4 Å². The molecule has 1 atom stereocenters. The third-order valence-corrected chi connectivity index (χ3v) is 5.84. The number of carbonyl (C=O) groups excluding carboxylic acids is 1. The van der Waals surface area contributed by atoms with Crippen molar-refractivity contribution in [3.8, 4) is 5.75 Å². The summed E-state index contributed by atoms with van der Waals surface area (Å²) in [4.78, 5) is 26.0. The summed E-state index contributed by atoms with van der Waals surface area (Å²) in [6.45, 7) is -0.139. The zero-order chi connectivity index (χ0) is 24.1. The molecular weight excluding hydrogens is 461 g/mol. The number of carbonyl (C=O) groups is 2. The van der Waals surface area contributed by atoms with E-state index < -0.39 is 24.4 Å². The van der Waals surface area contributed by atoms with Gasteiger partial charge in [0.25, 0.3) is 0 Å². The van der Waals surface area contributed by atoms with Gasteiger partial charge in [0.1, 0.15) is 18.2 Å². The minimum Gasteiger partial charge on any atom is -0.482 e. The molecule has 0 bridgehead atoms. The summed E-state index contributed by atoms with van der Waals surface area (Å²) in [6.07, 6.45) is 0.632. The Hall–Kier alpha value is -3.42. The number of carboxylic acids is 1. The molecule has 0 fully saturated rings. The summed E-state index contributed by atoms with van der Waals surface area (Å²) >= 11 is 6.01. The number of carboxylic acid groups (broad SMARTS) is 1. The molecule has 0 saturated heterocycles. The molecule has 1 aliphatic heterocycles. The Balaban J connectivity index is 1.62. The molecule has 1 heterocycles. The molecule has 0 saturated carbocycles. The molecule has 1 unspecified atom stereocenters. The first kappa shape index (κ1) is 23.7. The molecule has 0 aromatic heterocycles. The number of hydrogen-bond acceptors (Lipinski definition) is 4. The van der Waals surface area contributed by atoms with Crippen LogP contribution in [0.1, 0.15) is 28.3 Å². The van der Waals surface area contributed by atoms with Crippen LogP contribution in [-0.4, -0.2) is 41.6 Å². The standard InChI is InChI=1S/C26H23ClFNO5/c27-19-6-3-4-17(12-19)14-33-15-24(30)29-11-10-18-5-1-2-7-21(18)26(29)22-13-20(28)8-9-23(22)34-16-25(31)32/h1-9,12-13,26H,10-11,14-16H2,(H,31,32). The number of hydrogen-bond donors (Lipinski definition) is 1. The van der Waals surface area contributed by atoms with Crippen molar-refractivity contribution >= 4 is 23.5 Å². The lowest BCUT2D eigenvalue weighted by atomic mass is 9.87. The second kappa shape index (κ2) is 10.7. The van der Waals surface area contributed by atoms with Crippen molar-refractivity contribution in [2.24, 2.45) is 0 Å². The summed E-state index contributed by atoms with van der Waals surface area (Å²) in [5.74, 6) is -1.72. The van der Waals surface area contributed by atoms with Gasteiger partial charge in [-0.3, -0.25) is 4.79 Å². The van der Waals surface area contributed by atoms with E-state index in [1.54, 1.807) is 17.0 Å². The molecule has 3 aromatic rings. The van der Waals surface area contributed by atoms with Crippen molar-refractivity contribution in [3.05, 3.63) is 99.8 Å². The van der Waals surface area contributed by atoms with Gasteiger partial charge in [0.15, 0.2) is 6.61 Å². The van der Waals surface area contributed by atoms with Crippen LogP contribution in [0, 0.1) is 5.82 Å². The van der Waals surface area contributed by atoms with Crippen molar-refractivity contribution in [1.82, 2.24) is 4.90 Å². The quantitative estimate of drug-likeness (QED) is 0.505. The maximum atomic E-state index is 14.3. The molecule has 0 radical (unpaired) electrons. The first-order valence-electron chi connectivity index (χ1n) is 10.8. The Morgan fingerprint density at radius 3 is 2.65 bits per heavy atom. The van der Waals surface area contributed by atoms with E-state index in [-0.39, 0.29) is 24.9 Å². The molecule has 3 aromatic carbocycles. The highest BCUT2D eigenvalue weighted by molar-refractivity contribution is 6.30. The van der Waals surface area contributed by atoms with Gasteiger partial charge in [-0.2, -0.15) is 0 Å². The predicted octanol–water partition coefficient (Wildman–Crippen LogP) is 4.63. The number of ether oxygens (including phenoxy) is 2. The van der Waals surface area contributed by atoms with Gasteiger partial charge >= 0.3 is 5.97 Å². The van der Waals surface area contributed by atoms with Gasteiger partial charge in [-0.1, -0.05) is 48.0 Å². The molecule has 4 rings (SSSR count). The van der Waals surface area contributed by atoms with Crippen LogP contribution in [0.2, 0.25) is 5.02 Å². The van der Waals surface area contributed by atoms with Crippen molar-refractivity contribution in [2.75, 3.05) is 19.8 Å². The SMILES string of the molecule is O=C(O)COc1ccc(F)cc1C1c2ccccc2CCN1C(=O)COCc1cccc(Cl)c1. The van der Waals surface area contributed by atoms with Crippen molar-refractivity contribution < 1.29 is 28.6 Å². The Kier molecular flexibility index (Phi) is 7.45. The number of aliphatic carboxylic acids is 1. The fraction of sp³-hybridized carbons (Fsp3) is 0.231. The van der Waals surface area contributed by atoms with Crippen LogP contribution in [0.4, 0.5) is 4.39 Å². The van der Waals surface area contributed by atoms with Crippen molar-refractivity contribution in [2.45, 2.75) is 19.1 Å². The lowest BCUT2D eigenvalue weighted by molar-refractivity contribution is -0.140. The van der Waals surface area contributed by atoms with Gasteiger partial charge < -0.3 is 19.5 Å². The van der Waals surface area contributed by atoms with Crippen LogP contribution < -0.4 is 4.74 Å². The first-order valence-corrected chi connectivity index (χ1v) is 11.1. The Labute approximate surface area is 201 Å². The summed E-state index contributed by atoms with van der Waals surface area (Å²) < 4.78 is 25.4. The van der Waals surface area contributed by atoms with E-state index in [2.05, 4.69) is 0 Å². The number of nitrogens with zero attached hydrogens (tertiary/aromatic N) is 1. The van der Waals surface area contributed by atoms with Gasteiger partial charge in [-0.15, -0.1) is 0 Å². The summed E-state index contributed by atoms with van der Waals surface area (Å²) in [7, 11) is 0. The molecular formula is C26H23ClFNO5. The lowest BCUT2D eigenvalue weighted by Crippen LogP contribution is -2.42. The van der Waals surface area contributed by atoms with Crippen LogP contribution in [-0.2, 0) is 27.4 Å². The third kappa shape index (κ3) is 5.55. The van der Waals surface area contributed by atoms with Crippen molar-refractivity contribution in [3.63, 3.8) is 0 Å². The minimum absolute atomic E-state index is 0.175. The molecule has 1 amide bonds. The zero-order valence-electron chi connectivity index (χ0n) is 18.2. The van der Waals surface area contributed by atoms with Gasteiger partial charge in [0.05, 0.1) is 12.6 Å². The number of halogens is 2. The van der Waals surface area contributed by atoms with Gasteiger partial charge in [0, 0.05) is 17.1 Å². The normalized spacial score (nSPS) is 15.0. The van der Waals surface area contributed by atoms with Gasteiger partial charge in [-0.05, 0) is 53.4 Å². The summed E-state index contributed by atoms with van der Waals surface area (Å²) in [5.41, 5.74) is 3.10. The fourth-order valence-corrected chi connectivity index (χ4v) is 4.35. The Morgan fingerprint density at radius 2 is 1.85 bits per heavy atom. The average Bonchev–Trinajstić information content (AvgIpc) is 2.82. The van der Waals surface area contributed by atoms with E-state index in [1.165, 1.54) is 18.2 Å². The largest absolute Gasteiger partial charge is 0.482 e. The van der Waals surface area contributed by atoms with E-state index in [0.717, 1.165) is 16.7 Å². The van der Waals surface area contributed by atoms with Crippen molar-refractivity contribution in [1.29, 1.82) is 0 Å². The van der Waals surface area contributed by atoms with Crippen LogP contribution >= 0.6 is 11.6 Å². The molecule has 0 aliphatic carbocycles. The highest BCUT2D eigenvalue weighted by Crippen LogP contribution is 2.39. The molecule has 0 spiro atoms. The number of benzene rings is 3. The number of rotatable bonds is 8. The van der Waals surface area contributed by atoms with E-state index in [9.17, 15) is 14.0 Å². The zero-order valence-corrected chi connectivity index (χ0v) is 19.0. The summed E-state index contributed by atoms with van der Waals surface area (Å²) in [5, 5.41) is 9.63. The second-order valence-corrected chi connectivity index (χ2v) is 8.36. The van der Waals surface area contributed by atoms with Crippen LogP contribution in [0.15, 0.2) is 66.7 Å². The van der Waals surface area contributed by atoms with Crippen LogP contribution in [0.3, 0.4) is 0 Å². The topological polar surface area (TPSA) is 76.1 Å². The van der Waals surface area contributed by atoms with Crippen LogP contribution in [0.25, 0.3) is 0 Å². The maximum Gasteiger partial charge on any atom is 0.341 e. The molecule has 176 valence electrons. The third-order valence-electron chi connectivity index (χ3n) is 5.60. The minimum atomic E-state index is -1.15. The van der Waals surface area contributed by atoms with E-state index in [0.29, 0.717) is 23.6 Å².